The van der Waals surface area contributed by atoms with Crippen LogP contribution in [0, 0.1) is 0 Å². The van der Waals surface area contributed by atoms with Gasteiger partial charge in [-0.15, -0.1) is 0 Å². The van der Waals surface area contributed by atoms with E-state index in [2.05, 4.69) is 9.71 Å². The van der Waals surface area contributed by atoms with Crippen LogP contribution < -0.4 is 15.2 Å². The first kappa shape index (κ1) is 14.2. The number of hydrogen-bond acceptors (Lipinski definition) is 5. The van der Waals surface area contributed by atoms with Crippen LogP contribution in [0.2, 0.25) is 0 Å². The largest absolute Gasteiger partial charge is 0.495 e. The lowest BCUT2D eigenvalue weighted by molar-refractivity contribution is 0.417. The van der Waals surface area contributed by atoms with Gasteiger partial charge in [0, 0.05) is 0 Å². The highest BCUT2D eigenvalue weighted by Crippen LogP contribution is 2.26. The summed E-state index contributed by atoms with van der Waals surface area (Å²) in [6.45, 7) is 0. The van der Waals surface area contributed by atoms with Crippen LogP contribution in [0.5, 0.6) is 5.75 Å². The molecular weight excluding hydrogens is 308 g/mol. The molecule has 8 heteroatoms. The number of methoxy groups -OCH3 is 1. The van der Waals surface area contributed by atoms with E-state index in [1.54, 1.807) is 24.3 Å². The lowest BCUT2D eigenvalue weighted by Gasteiger charge is -2.11. The Kier molecular flexibility index (Phi) is 3.38. The van der Waals surface area contributed by atoms with E-state index in [1.165, 1.54) is 25.3 Å². The van der Waals surface area contributed by atoms with Gasteiger partial charge in [-0.3, -0.25) is 9.71 Å². The highest BCUT2D eigenvalue weighted by Gasteiger charge is 2.17. The molecule has 3 rings (SSSR count). The Balaban J connectivity index is 2.02. The molecule has 0 bridgehead atoms. The normalized spacial score (nSPS) is 11.5. The van der Waals surface area contributed by atoms with Gasteiger partial charge < -0.3 is 9.15 Å². The second-order valence-electron chi connectivity index (χ2n) is 4.48. The van der Waals surface area contributed by atoms with Crippen LogP contribution in [0.4, 0.5) is 5.69 Å². The maximum absolute atomic E-state index is 12.4. The molecule has 7 nitrogen and oxygen atoms in total. The molecule has 0 atom stereocenters. The molecule has 0 radical (unpaired) electrons. The predicted octanol–water partition coefficient (Wildman–Crippen LogP) is 1.93. The molecule has 0 aliphatic heterocycles. The molecule has 1 aromatic heterocycles. The van der Waals surface area contributed by atoms with Gasteiger partial charge in [-0.2, -0.15) is 0 Å². The number of para-hydroxylation sites is 2. The van der Waals surface area contributed by atoms with Crippen LogP contribution >= 0.6 is 0 Å². The van der Waals surface area contributed by atoms with Gasteiger partial charge in [0.15, 0.2) is 5.58 Å². The number of fused-ring (bicyclic) bond motifs is 1. The smallest absolute Gasteiger partial charge is 0.417 e. The number of sulfonamides is 1. The van der Waals surface area contributed by atoms with Gasteiger partial charge in [0.25, 0.3) is 10.0 Å². The van der Waals surface area contributed by atoms with Crippen LogP contribution in [0.25, 0.3) is 11.1 Å². The van der Waals surface area contributed by atoms with Gasteiger partial charge in [0.2, 0.25) is 0 Å². The second kappa shape index (κ2) is 5.23. The minimum atomic E-state index is -3.82. The fourth-order valence-corrected chi connectivity index (χ4v) is 3.13. The fraction of sp³-hybridized carbons (Fsp3) is 0.0714. The van der Waals surface area contributed by atoms with E-state index in [1.807, 2.05) is 0 Å². The van der Waals surface area contributed by atoms with Crippen molar-refractivity contribution in [3.8, 4) is 5.75 Å². The number of aromatic nitrogens is 1. The minimum absolute atomic E-state index is 0.00274. The number of benzene rings is 2. The van der Waals surface area contributed by atoms with Crippen LogP contribution in [-0.4, -0.2) is 20.5 Å². The summed E-state index contributed by atoms with van der Waals surface area (Å²) >= 11 is 0. The molecule has 0 unspecified atom stereocenters. The first-order valence-electron chi connectivity index (χ1n) is 6.28. The Morgan fingerprint density at radius 1 is 1.18 bits per heavy atom. The summed E-state index contributed by atoms with van der Waals surface area (Å²) in [4.78, 5) is 13.5. The van der Waals surface area contributed by atoms with Gasteiger partial charge >= 0.3 is 5.76 Å². The number of oxazole rings is 1. The standard InChI is InChI=1S/C14H12N2O5S/c1-20-12-5-3-2-4-10(12)16-22(18,19)9-6-7-13-11(8-9)15-14(17)21-13/h2-8,16H,1H3,(H,15,17). The van der Waals surface area contributed by atoms with E-state index in [9.17, 15) is 13.2 Å². The topological polar surface area (TPSA) is 101 Å². The number of ether oxygens (including phenoxy) is 1. The van der Waals surface area contributed by atoms with Crippen molar-refractivity contribution in [2.45, 2.75) is 4.90 Å². The van der Waals surface area contributed by atoms with Crippen molar-refractivity contribution in [3.05, 3.63) is 53.0 Å². The average Bonchev–Trinajstić information content (AvgIpc) is 2.86. The maximum Gasteiger partial charge on any atom is 0.417 e. The Labute approximate surface area is 125 Å². The Hall–Kier alpha value is -2.74. The summed E-state index contributed by atoms with van der Waals surface area (Å²) < 4.78 is 37.3. The van der Waals surface area contributed by atoms with Crippen LogP contribution in [-0.2, 0) is 10.0 Å². The summed E-state index contributed by atoms with van der Waals surface area (Å²) in [5, 5.41) is 0. The molecule has 114 valence electrons. The summed E-state index contributed by atoms with van der Waals surface area (Å²) in [5.74, 6) is -0.230. The zero-order valence-corrected chi connectivity index (χ0v) is 12.3. The fourth-order valence-electron chi connectivity index (χ4n) is 2.03. The summed E-state index contributed by atoms with van der Waals surface area (Å²) in [5.41, 5.74) is 0.930. The van der Waals surface area contributed by atoms with Gasteiger partial charge in [-0.05, 0) is 30.3 Å². The van der Waals surface area contributed by atoms with Crippen molar-refractivity contribution in [2.75, 3.05) is 11.8 Å². The van der Waals surface area contributed by atoms with Gasteiger partial charge in [0.05, 0.1) is 23.2 Å². The third-order valence-corrected chi connectivity index (χ3v) is 4.42. The Morgan fingerprint density at radius 2 is 1.95 bits per heavy atom. The maximum atomic E-state index is 12.4. The van der Waals surface area contributed by atoms with E-state index >= 15 is 0 Å². The number of nitrogens with one attached hydrogen (secondary N) is 2. The first-order valence-corrected chi connectivity index (χ1v) is 7.76. The number of hydrogen-bond donors (Lipinski definition) is 2. The lowest BCUT2D eigenvalue weighted by Crippen LogP contribution is -2.13. The van der Waals surface area contributed by atoms with E-state index in [4.69, 9.17) is 9.15 Å². The number of anilines is 1. The molecule has 0 spiro atoms. The number of aromatic amines is 1. The monoisotopic (exact) mass is 320 g/mol. The van der Waals surface area contributed by atoms with Crippen LogP contribution in [0.15, 0.2) is 56.6 Å². The first-order chi connectivity index (χ1) is 10.5. The molecule has 0 saturated carbocycles. The molecule has 2 N–H and O–H groups in total. The molecular formula is C14H12N2O5S. The highest BCUT2D eigenvalue weighted by molar-refractivity contribution is 7.92. The molecule has 0 aliphatic carbocycles. The molecule has 0 fully saturated rings. The molecule has 3 aromatic rings. The quantitative estimate of drug-likeness (QED) is 0.765. The summed E-state index contributed by atoms with van der Waals surface area (Å²) in [6.07, 6.45) is 0. The third-order valence-electron chi connectivity index (χ3n) is 3.05. The van der Waals surface area contributed by atoms with E-state index < -0.39 is 15.8 Å². The predicted molar refractivity (Wildman–Crippen MR) is 80.6 cm³/mol. The zero-order chi connectivity index (χ0) is 15.7. The molecule has 22 heavy (non-hydrogen) atoms. The Morgan fingerprint density at radius 3 is 2.73 bits per heavy atom. The molecule has 0 aliphatic rings. The van der Waals surface area contributed by atoms with Crippen LogP contribution in [0.1, 0.15) is 0 Å². The Bertz CT molecular complexity index is 988. The van der Waals surface area contributed by atoms with E-state index in [-0.39, 0.29) is 4.90 Å². The van der Waals surface area contributed by atoms with Crippen molar-refractivity contribution in [3.63, 3.8) is 0 Å². The number of H-pyrrole nitrogens is 1. The van der Waals surface area contributed by atoms with Crippen LogP contribution in [0.3, 0.4) is 0 Å². The summed E-state index contributed by atoms with van der Waals surface area (Å²) in [6, 6.07) is 10.8. The van der Waals surface area contributed by atoms with Crippen molar-refractivity contribution >= 4 is 26.8 Å². The SMILES string of the molecule is COc1ccccc1NS(=O)(=O)c1ccc2oc(=O)[nH]c2c1. The second-order valence-corrected chi connectivity index (χ2v) is 6.16. The minimum Gasteiger partial charge on any atom is -0.495 e. The highest BCUT2D eigenvalue weighted by atomic mass is 32.2. The van der Waals surface area contributed by atoms with Crippen molar-refractivity contribution in [2.24, 2.45) is 0 Å². The summed E-state index contributed by atoms with van der Waals surface area (Å²) in [7, 11) is -2.37. The van der Waals surface area contributed by atoms with Crippen molar-refractivity contribution in [1.82, 2.24) is 4.98 Å². The molecule has 2 aromatic carbocycles. The van der Waals surface area contributed by atoms with Crippen molar-refractivity contribution in [1.29, 1.82) is 0 Å². The van der Waals surface area contributed by atoms with Gasteiger partial charge in [-0.25, -0.2) is 13.2 Å². The van der Waals surface area contributed by atoms with Crippen molar-refractivity contribution < 1.29 is 17.6 Å². The average molecular weight is 320 g/mol. The van der Waals surface area contributed by atoms with E-state index in [0.29, 0.717) is 22.5 Å². The lowest BCUT2D eigenvalue weighted by atomic mass is 10.3. The van der Waals surface area contributed by atoms with Gasteiger partial charge in [0.1, 0.15) is 5.75 Å². The molecule has 0 amide bonds. The zero-order valence-electron chi connectivity index (χ0n) is 11.5. The third kappa shape index (κ3) is 2.56. The number of rotatable bonds is 4. The van der Waals surface area contributed by atoms with Gasteiger partial charge in [-0.1, -0.05) is 12.1 Å². The van der Waals surface area contributed by atoms with E-state index in [0.717, 1.165) is 0 Å². The molecule has 1 heterocycles. The molecule has 0 saturated heterocycles.